The van der Waals surface area contributed by atoms with Crippen molar-refractivity contribution < 1.29 is 9.59 Å². The van der Waals surface area contributed by atoms with E-state index in [0.29, 0.717) is 12.1 Å². The Morgan fingerprint density at radius 2 is 2.00 bits per heavy atom. The van der Waals surface area contributed by atoms with Crippen molar-refractivity contribution in [1.82, 2.24) is 20.0 Å². The third-order valence-corrected chi connectivity index (χ3v) is 7.15. The number of rotatable bonds is 5. The van der Waals surface area contributed by atoms with E-state index in [1.165, 1.54) is 0 Å². The Balaban J connectivity index is 1.71. The topological polar surface area (TPSA) is 67.2 Å². The van der Waals surface area contributed by atoms with Crippen LogP contribution in [0.3, 0.4) is 0 Å². The molecule has 0 bridgehead atoms. The molecule has 1 fully saturated rings. The van der Waals surface area contributed by atoms with Crippen molar-refractivity contribution in [3.05, 3.63) is 52.7 Å². The zero-order valence-corrected chi connectivity index (χ0v) is 19.2. The summed E-state index contributed by atoms with van der Waals surface area (Å²) >= 11 is 1.55. The molecule has 2 amide bonds. The van der Waals surface area contributed by atoms with E-state index in [9.17, 15) is 9.59 Å². The molecule has 2 aromatic heterocycles. The van der Waals surface area contributed by atoms with Crippen LogP contribution >= 0.6 is 11.3 Å². The smallest absolute Gasteiger partial charge is 0.272 e. The molecule has 31 heavy (non-hydrogen) atoms. The molecule has 1 aromatic carbocycles. The first-order chi connectivity index (χ1) is 15.0. The molecule has 1 saturated heterocycles. The number of hydrogen-bond acceptors (Lipinski definition) is 4. The number of fused-ring (bicyclic) bond motifs is 1. The maximum absolute atomic E-state index is 13.4. The Morgan fingerprint density at radius 3 is 2.74 bits per heavy atom. The first kappa shape index (κ1) is 21.6. The molecule has 0 aliphatic carbocycles. The summed E-state index contributed by atoms with van der Waals surface area (Å²) in [6.07, 6.45) is 6.52. The predicted molar refractivity (Wildman–Crippen MR) is 125 cm³/mol. The van der Waals surface area contributed by atoms with E-state index >= 15 is 0 Å². The van der Waals surface area contributed by atoms with Gasteiger partial charge in [0.05, 0.1) is 4.88 Å². The summed E-state index contributed by atoms with van der Waals surface area (Å²) in [7, 11) is 1.81. The van der Waals surface area contributed by atoms with Crippen molar-refractivity contribution in [3.63, 3.8) is 0 Å². The normalized spacial score (nSPS) is 17.2. The second kappa shape index (κ2) is 9.22. The largest absolute Gasteiger partial charge is 0.349 e. The van der Waals surface area contributed by atoms with Gasteiger partial charge >= 0.3 is 0 Å². The lowest BCUT2D eigenvalue weighted by Gasteiger charge is -2.30. The minimum absolute atomic E-state index is 0.0238. The van der Waals surface area contributed by atoms with Crippen LogP contribution in [0.15, 0.2) is 36.5 Å². The fourth-order valence-corrected chi connectivity index (χ4v) is 5.57. The lowest BCUT2D eigenvalue weighted by Crippen LogP contribution is -2.42. The van der Waals surface area contributed by atoms with Gasteiger partial charge in [0, 0.05) is 36.6 Å². The maximum Gasteiger partial charge on any atom is 0.272 e. The summed E-state index contributed by atoms with van der Waals surface area (Å²) in [6.45, 7) is 4.69. The number of carbonyl (C=O) groups excluding carboxylic acids is 2. The van der Waals surface area contributed by atoms with Crippen molar-refractivity contribution in [1.29, 1.82) is 0 Å². The summed E-state index contributed by atoms with van der Waals surface area (Å²) in [5.41, 5.74) is 1.67. The molecule has 4 rings (SSSR count). The summed E-state index contributed by atoms with van der Waals surface area (Å²) in [6, 6.07) is 10.1. The number of likely N-dealkylation sites (tertiary alicyclic amines) is 1. The number of carbonyl (C=O) groups is 2. The number of thiophene rings is 1. The second-order valence-corrected chi connectivity index (χ2v) is 9.63. The molecule has 3 heterocycles. The van der Waals surface area contributed by atoms with Crippen LogP contribution in [0.1, 0.15) is 65.3 Å². The monoisotopic (exact) mass is 438 g/mol. The predicted octanol–water partition coefficient (Wildman–Crippen LogP) is 4.40. The molecule has 0 radical (unpaired) electrons. The van der Waals surface area contributed by atoms with Crippen LogP contribution in [0.4, 0.5) is 0 Å². The van der Waals surface area contributed by atoms with E-state index in [2.05, 4.69) is 22.5 Å². The van der Waals surface area contributed by atoms with Gasteiger partial charge in [0.25, 0.3) is 11.8 Å². The zero-order valence-electron chi connectivity index (χ0n) is 18.4. The third kappa shape index (κ3) is 4.51. The van der Waals surface area contributed by atoms with E-state index in [1.807, 2.05) is 30.9 Å². The van der Waals surface area contributed by atoms with Gasteiger partial charge in [0.1, 0.15) is 5.69 Å². The van der Waals surface area contributed by atoms with Crippen LogP contribution in [0.2, 0.25) is 0 Å². The number of aromatic nitrogens is 2. The van der Waals surface area contributed by atoms with Gasteiger partial charge in [-0.1, -0.05) is 31.0 Å². The molecule has 6 nitrogen and oxygen atoms in total. The van der Waals surface area contributed by atoms with Gasteiger partial charge in [0.2, 0.25) is 0 Å². The highest BCUT2D eigenvalue weighted by Crippen LogP contribution is 2.34. The van der Waals surface area contributed by atoms with Crippen molar-refractivity contribution in [3.8, 4) is 0 Å². The van der Waals surface area contributed by atoms with Gasteiger partial charge in [-0.2, -0.15) is 5.10 Å². The first-order valence-corrected chi connectivity index (χ1v) is 11.9. The lowest BCUT2D eigenvalue weighted by molar-refractivity contribution is 0.0671. The number of benzene rings is 1. The van der Waals surface area contributed by atoms with Gasteiger partial charge in [-0.15, -0.1) is 11.3 Å². The Morgan fingerprint density at radius 1 is 1.19 bits per heavy atom. The van der Waals surface area contributed by atoms with Crippen molar-refractivity contribution in [2.24, 2.45) is 7.05 Å². The molecule has 1 atom stereocenters. The maximum atomic E-state index is 13.4. The molecule has 1 aliphatic heterocycles. The molecular formula is C24H30N4O2S. The number of amides is 2. The van der Waals surface area contributed by atoms with Gasteiger partial charge in [0.15, 0.2) is 0 Å². The zero-order chi connectivity index (χ0) is 22.0. The highest BCUT2D eigenvalue weighted by molar-refractivity contribution is 7.21. The Kier molecular flexibility index (Phi) is 6.41. The number of nitrogens with zero attached hydrogens (tertiary/aromatic N) is 3. The van der Waals surface area contributed by atoms with Crippen molar-refractivity contribution in [2.45, 2.75) is 58.0 Å². The SMILES string of the molecule is CC(C)NC(=O)c1sc2ccccc2c1C[C@H]1CCCCCN1C(=O)c1ccnn1C. The minimum atomic E-state index is -0.0238. The van der Waals surface area contributed by atoms with E-state index in [1.54, 1.807) is 35.3 Å². The minimum Gasteiger partial charge on any atom is -0.349 e. The molecule has 0 unspecified atom stereocenters. The Hall–Kier alpha value is -2.67. The average Bonchev–Trinajstić information content (AvgIpc) is 3.24. The first-order valence-electron chi connectivity index (χ1n) is 11.1. The molecule has 1 N–H and O–H groups in total. The number of hydrogen-bond donors (Lipinski definition) is 1. The molecule has 7 heteroatoms. The van der Waals surface area contributed by atoms with Crippen LogP contribution in [-0.4, -0.2) is 45.1 Å². The summed E-state index contributed by atoms with van der Waals surface area (Å²) in [4.78, 5) is 29.2. The lowest BCUT2D eigenvalue weighted by atomic mass is 9.97. The number of nitrogens with one attached hydrogen (secondary N) is 1. The fourth-order valence-electron chi connectivity index (χ4n) is 4.44. The molecule has 0 saturated carbocycles. The van der Waals surface area contributed by atoms with E-state index < -0.39 is 0 Å². The van der Waals surface area contributed by atoms with Crippen LogP contribution in [-0.2, 0) is 13.5 Å². The van der Waals surface area contributed by atoms with Crippen molar-refractivity contribution in [2.75, 3.05) is 6.54 Å². The summed E-state index contributed by atoms with van der Waals surface area (Å²) in [5, 5.41) is 8.36. The second-order valence-electron chi connectivity index (χ2n) is 8.58. The molecule has 0 spiro atoms. The Bertz CT molecular complexity index is 1080. The molecular weight excluding hydrogens is 408 g/mol. The van der Waals surface area contributed by atoms with Crippen LogP contribution in [0.25, 0.3) is 10.1 Å². The summed E-state index contributed by atoms with van der Waals surface area (Å²) in [5.74, 6) is 0.00366. The standard InChI is InChI=1S/C24H30N4O2S/c1-16(2)26-23(29)22-19(18-10-6-7-11-21(18)31-22)15-17-9-5-4-8-14-28(17)24(30)20-12-13-25-27(20)3/h6-7,10-13,16-17H,4-5,8-9,14-15H2,1-3H3,(H,26,29)/t17-/m1/s1. The summed E-state index contributed by atoms with van der Waals surface area (Å²) < 4.78 is 2.76. The number of aryl methyl sites for hydroxylation is 1. The quantitative estimate of drug-likeness (QED) is 0.642. The Labute approximate surface area is 187 Å². The van der Waals surface area contributed by atoms with Gasteiger partial charge in [-0.25, -0.2) is 0 Å². The van der Waals surface area contributed by atoms with Crippen molar-refractivity contribution >= 4 is 33.2 Å². The molecule has 1 aliphatic rings. The molecule has 3 aromatic rings. The van der Waals surface area contributed by atoms with Gasteiger partial charge in [-0.05, 0) is 56.2 Å². The van der Waals surface area contributed by atoms with Crippen LogP contribution in [0.5, 0.6) is 0 Å². The molecule has 164 valence electrons. The van der Waals surface area contributed by atoms with E-state index in [0.717, 1.165) is 52.8 Å². The van der Waals surface area contributed by atoms with Gasteiger partial charge < -0.3 is 10.2 Å². The average molecular weight is 439 g/mol. The van der Waals surface area contributed by atoms with Crippen LogP contribution < -0.4 is 5.32 Å². The highest BCUT2D eigenvalue weighted by atomic mass is 32.1. The van der Waals surface area contributed by atoms with Gasteiger partial charge in [-0.3, -0.25) is 14.3 Å². The third-order valence-electron chi connectivity index (χ3n) is 5.94. The van der Waals surface area contributed by atoms with E-state index in [4.69, 9.17) is 0 Å². The highest BCUT2D eigenvalue weighted by Gasteiger charge is 2.30. The fraction of sp³-hybridized carbons (Fsp3) is 0.458. The van der Waals surface area contributed by atoms with Crippen LogP contribution in [0, 0.1) is 0 Å². The van der Waals surface area contributed by atoms with E-state index in [-0.39, 0.29) is 23.9 Å².